The normalized spacial score (nSPS) is 15.5. The summed E-state index contributed by atoms with van der Waals surface area (Å²) >= 11 is 13.8. The highest BCUT2D eigenvalue weighted by Gasteiger charge is 2.31. The van der Waals surface area contributed by atoms with E-state index < -0.39 is 10.0 Å². The number of piperazine rings is 1. The predicted molar refractivity (Wildman–Crippen MR) is 129 cm³/mol. The number of aromatic nitrogens is 1. The second-order valence-electron chi connectivity index (χ2n) is 7.79. The lowest BCUT2D eigenvalue weighted by Gasteiger charge is -2.34. The first-order valence-electron chi connectivity index (χ1n) is 9.90. The Labute approximate surface area is 197 Å². The van der Waals surface area contributed by atoms with Gasteiger partial charge in [0, 0.05) is 47.2 Å². The SMILES string of the molecule is Cc1cc(C)c(S(=O)(=O)N2CCN(c3nc(-c4cc(Cl)cc(Cl)c4)cs3)CC2)c(C)c1. The molecule has 1 aliphatic rings. The molecule has 9 heteroatoms. The molecular formula is C22H23Cl2N3O2S2. The Morgan fingerprint density at radius 1 is 0.903 bits per heavy atom. The van der Waals surface area contributed by atoms with Crippen molar-refractivity contribution >= 4 is 49.7 Å². The van der Waals surface area contributed by atoms with Crippen LogP contribution in [0.15, 0.2) is 40.6 Å². The molecule has 0 spiro atoms. The molecular weight excluding hydrogens is 473 g/mol. The van der Waals surface area contributed by atoms with Crippen LogP contribution in [0, 0.1) is 20.8 Å². The number of nitrogens with zero attached hydrogens (tertiary/aromatic N) is 3. The number of benzene rings is 2. The zero-order chi connectivity index (χ0) is 22.3. The van der Waals surface area contributed by atoms with Crippen LogP contribution in [-0.4, -0.2) is 43.9 Å². The van der Waals surface area contributed by atoms with Crippen LogP contribution in [0.4, 0.5) is 5.13 Å². The van der Waals surface area contributed by atoms with E-state index in [1.54, 1.807) is 10.4 Å². The number of rotatable bonds is 4. The Bertz CT molecular complexity index is 1190. The van der Waals surface area contributed by atoms with Crippen LogP contribution in [0.1, 0.15) is 16.7 Å². The van der Waals surface area contributed by atoms with Gasteiger partial charge < -0.3 is 4.90 Å². The van der Waals surface area contributed by atoms with E-state index in [-0.39, 0.29) is 0 Å². The fourth-order valence-electron chi connectivity index (χ4n) is 4.07. The van der Waals surface area contributed by atoms with Gasteiger partial charge in [-0.1, -0.05) is 40.9 Å². The van der Waals surface area contributed by atoms with Gasteiger partial charge in [0.15, 0.2) is 5.13 Å². The molecule has 4 rings (SSSR count). The van der Waals surface area contributed by atoms with E-state index in [9.17, 15) is 8.42 Å². The van der Waals surface area contributed by atoms with Crippen molar-refractivity contribution < 1.29 is 8.42 Å². The number of hydrogen-bond acceptors (Lipinski definition) is 5. The van der Waals surface area contributed by atoms with Gasteiger partial charge in [-0.3, -0.25) is 0 Å². The van der Waals surface area contributed by atoms with Crippen LogP contribution in [0.3, 0.4) is 0 Å². The summed E-state index contributed by atoms with van der Waals surface area (Å²) in [7, 11) is -3.53. The molecule has 1 aliphatic heterocycles. The number of sulfonamides is 1. The van der Waals surface area contributed by atoms with Crippen LogP contribution in [0.2, 0.25) is 10.0 Å². The van der Waals surface area contributed by atoms with Crippen molar-refractivity contribution in [2.75, 3.05) is 31.1 Å². The first-order chi connectivity index (χ1) is 14.6. The summed E-state index contributed by atoms with van der Waals surface area (Å²) in [6.45, 7) is 7.73. The number of thiazole rings is 1. The van der Waals surface area contributed by atoms with E-state index in [1.165, 1.54) is 11.3 Å². The highest BCUT2D eigenvalue weighted by molar-refractivity contribution is 7.89. The minimum absolute atomic E-state index is 0.424. The Morgan fingerprint density at radius 2 is 1.48 bits per heavy atom. The molecule has 2 heterocycles. The molecule has 5 nitrogen and oxygen atoms in total. The number of anilines is 1. The largest absolute Gasteiger partial charge is 0.345 e. The number of aryl methyl sites for hydroxylation is 3. The number of halogens is 2. The Morgan fingerprint density at radius 3 is 2.06 bits per heavy atom. The summed E-state index contributed by atoms with van der Waals surface area (Å²) in [5.74, 6) is 0. The van der Waals surface area contributed by atoms with E-state index in [1.807, 2.05) is 50.4 Å². The molecule has 2 aromatic carbocycles. The molecule has 0 N–H and O–H groups in total. The van der Waals surface area contributed by atoms with E-state index in [0.717, 1.165) is 33.1 Å². The van der Waals surface area contributed by atoms with Gasteiger partial charge in [-0.15, -0.1) is 11.3 Å². The molecule has 31 heavy (non-hydrogen) atoms. The number of hydrogen-bond donors (Lipinski definition) is 0. The molecule has 3 aromatic rings. The summed E-state index contributed by atoms with van der Waals surface area (Å²) in [6.07, 6.45) is 0. The van der Waals surface area contributed by atoms with Crippen molar-refractivity contribution in [1.82, 2.24) is 9.29 Å². The molecule has 0 radical (unpaired) electrons. The molecule has 0 bridgehead atoms. The Kier molecular flexibility index (Phi) is 6.34. The van der Waals surface area contributed by atoms with E-state index in [2.05, 4.69) is 4.90 Å². The molecule has 0 unspecified atom stereocenters. The highest BCUT2D eigenvalue weighted by Crippen LogP contribution is 2.32. The van der Waals surface area contributed by atoms with Gasteiger partial charge in [-0.05, 0) is 50.1 Å². The topological polar surface area (TPSA) is 53.5 Å². The molecule has 164 valence electrons. The molecule has 0 saturated carbocycles. The smallest absolute Gasteiger partial charge is 0.243 e. The van der Waals surface area contributed by atoms with Crippen LogP contribution in [-0.2, 0) is 10.0 Å². The third kappa shape index (κ3) is 4.61. The summed E-state index contributed by atoms with van der Waals surface area (Å²) < 4.78 is 28.2. The summed E-state index contributed by atoms with van der Waals surface area (Å²) in [5, 5.41) is 3.97. The minimum Gasteiger partial charge on any atom is -0.345 e. The second-order valence-corrected chi connectivity index (χ2v) is 11.4. The van der Waals surface area contributed by atoms with Crippen molar-refractivity contribution in [3.8, 4) is 11.3 Å². The highest BCUT2D eigenvalue weighted by atomic mass is 35.5. The lowest BCUT2D eigenvalue weighted by molar-refractivity contribution is 0.384. The maximum atomic E-state index is 13.3. The summed E-state index contributed by atoms with van der Waals surface area (Å²) in [5.41, 5.74) is 4.34. The van der Waals surface area contributed by atoms with Gasteiger partial charge in [0.05, 0.1) is 10.6 Å². The monoisotopic (exact) mass is 495 g/mol. The van der Waals surface area contributed by atoms with Crippen molar-refractivity contribution in [3.05, 3.63) is 62.4 Å². The van der Waals surface area contributed by atoms with Crippen LogP contribution in [0.5, 0.6) is 0 Å². The Balaban J connectivity index is 1.50. The van der Waals surface area contributed by atoms with Crippen molar-refractivity contribution in [2.45, 2.75) is 25.7 Å². The van der Waals surface area contributed by atoms with Crippen molar-refractivity contribution in [2.24, 2.45) is 0 Å². The van der Waals surface area contributed by atoms with Gasteiger partial charge in [-0.25, -0.2) is 13.4 Å². The first kappa shape index (κ1) is 22.6. The maximum Gasteiger partial charge on any atom is 0.243 e. The van der Waals surface area contributed by atoms with Crippen LogP contribution < -0.4 is 4.90 Å². The van der Waals surface area contributed by atoms with Crippen LogP contribution in [0.25, 0.3) is 11.3 Å². The van der Waals surface area contributed by atoms with E-state index in [4.69, 9.17) is 28.2 Å². The second kappa shape index (κ2) is 8.71. The molecule has 0 atom stereocenters. The quantitative estimate of drug-likeness (QED) is 0.475. The zero-order valence-corrected chi connectivity index (χ0v) is 20.7. The lowest BCUT2D eigenvalue weighted by atomic mass is 10.1. The fraction of sp³-hybridized carbons (Fsp3) is 0.318. The van der Waals surface area contributed by atoms with Gasteiger partial charge in [-0.2, -0.15) is 4.31 Å². The van der Waals surface area contributed by atoms with Gasteiger partial charge >= 0.3 is 0 Å². The third-order valence-electron chi connectivity index (χ3n) is 5.36. The minimum atomic E-state index is -3.53. The first-order valence-corrected chi connectivity index (χ1v) is 13.0. The average molecular weight is 496 g/mol. The maximum absolute atomic E-state index is 13.3. The fourth-order valence-corrected chi connectivity index (χ4v) is 7.31. The Hall–Kier alpha value is -1.64. The summed E-state index contributed by atoms with van der Waals surface area (Å²) in [4.78, 5) is 7.29. The summed E-state index contributed by atoms with van der Waals surface area (Å²) in [6, 6.07) is 9.22. The van der Waals surface area contributed by atoms with E-state index in [0.29, 0.717) is 41.1 Å². The average Bonchev–Trinajstić information content (AvgIpc) is 3.16. The molecule has 0 aliphatic carbocycles. The third-order valence-corrected chi connectivity index (χ3v) is 8.90. The molecule has 1 fully saturated rings. The predicted octanol–water partition coefficient (Wildman–Crippen LogP) is 5.55. The van der Waals surface area contributed by atoms with Crippen molar-refractivity contribution in [3.63, 3.8) is 0 Å². The van der Waals surface area contributed by atoms with Gasteiger partial charge in [0.2, 0.25) is 10.0 Å². The molecule has 0 amide bonds. The molecule has 1 aromatic heterocycles. The van der Waals surface area contributed by atoms with Crippen molar-refractivity contribution in [1.29, 1.82) is 0 Å². The van der Waals surface area contributed by atoms with Gasteiger partial charge in [0.25, 0.3) is 0 Å². The van der Waals surface area contributed by atoms with Gasteiger partial charge in [0.1, 0.15) is 0 Å². The standard InChI is InChI=1S/C22H23Cl2N3O2S2/c1-14-8-15(2)21(16(3)9-14)31(28,29)27-6-4-26(5-7-27)22-25-20(13-30-22)17-10-18(23)12-19(24)11-17/h8-13H,4-7H2,1-3H3. The van der Waals surface area contributed by atoms with Crippen LogP contribution >= 0.6 is 34.5 Å². The zero-order valence-electron chi connectivity index (χ0n) is 17.5. The molecule has 1 saturated heterocycles. The van der Waals surface area contributed by atoms with E-state index >= 15 is 0 Å². The lowest BCUT2D eigenvalue weighted by Crippen LogP contribution is -2.48.